The van der Waals surface area contributed by atoms with E-state index in [4.69, 9.17) is 9.47 Å². The Labute approximate surface area is 159 Å². The normalized spacial score (nSPS) is 10.4. The zero-order chi connectivity index (χ0) is 19.6. The molecule has 0 aliphatic carbocycles. The van der Waals surface area contributed by atoms with Crippen LogP contribution in [-0.2, 0) is 11.2 Å². The molecule has 0 aromatic heterocycles. The third-order valence-electron chi connectivity index (χ3n) is 4.00. The van der Waals surface area contributed by atoms with Crippen molar-refractivity contribution in [3.8, 4) is 11.5 Å². The number of hydrogen-bond donors (Lipinski definition) is 2. The molecule has 0 radical (unpaired) electrons. The maximum atomic E-state index is 12.0. The highest BCUT2D eigenvalue weighted by Gasteiger charge is 2.10. The van der Waals surface area contributed by atoms with Crippen LogP contribution >= 0.6 is 0 Å². The second-order valence-electron chi connectivity index (χ2n) is 6.05. The van der Waals surface area contributed by atoms with E-state index in [1.165, 1.54) is 0 Å². The van der Waals surface area contributed by atoms with E-state index in [1.54, 1.807) is 38.5 Å². The van der Waals surface area contributed by atoms with Crippen molar-refractivity contribution in [2.75, 3.05) is 34.4 Å². The Hall–Kier alpha value is -3.06. The summed E-state index contributed by atoms with van der Waals surface area (Å²) in [6, 6.07) is 14.5. The lowest BCUT2D eigenvalue weighted by Crippen LogP contribution is -2.46. The standard InChI is InChI=1S/C20H25N3O4/c1-23(12-11-15-9-10-17(26-2)18(13-15)27-3)14-19(24)21-22-20(25)16-7-5-4-6-8-16/h4-10,13H,11-12,14H2,1-3H3,(H,21,24)(H,22,25). The molecule has 0 bridgehead atoms. The molecular weight excluding hydrogens is 346 g/mol. The highest BCUT2D eigenvalue weighted by molar-refractivity contribution is 5.95. The maximum absolute atomic E-state index is 12.0. The van der Waals surface area contributed by atoms with Gasteiger partial charge >= 0.3 is 0 Å². The Morgan fingerprint density at radius 2 is 1.67 bits per heavy atom. The molecule has 0 saturated carbocycles. The minimum atomic E-state index is -0.350. The van der Waals surface area contributed by atoms with Gasteiger partial charge in [-0.25, -0.2) is 0 Å². The number of hydrazine groups is 1. The topological polar surface area (TPSA) is 79.9 Å². The number of carbonyl (C=O) groups excluding carboxylic acids is 2. The molecule has 144 valence electrons. The monoisotopic (exact) mass is 371 g/mol. The first-order valence-electron chi connectivity index (χ1n) is 8.57. The fourth-order valence-corrected chi connectivity index (χ4v) is 2.51. The number of methoxy groups -OCH3 is 2. The number of benzene rings is 2. The molecule has 27 heavy (non-hydrogen) atoms. The van der Waals surface area contributed by atoms with Crippen molar-refractivity contribution in [3.05, 3.63) is 59.7 Å². The number of nitrogens with zero attached hydrogens (tertiary/aromatic N) is 1. The first-order chi connectivity index (χ1) is 13.0. The van der Waals surface area contributed by atoms with Gasteiger partial charge in [0.15, 0.2) is 11.5 Å². The van der Waals surface area contributed by atoms with Gasteiger partial charge in [0, 0.05) is 12.1 Å². The molecular formula is C20H25N3O4. The molecule has 2 N–H and O–H groups in total. The molecule has 0 unspecified atom stereocenters. The molecule has 2 amide bonds. The second-order valence-corrected chi connectivity index (χ2v) is 6.05. The molecule has 2 rings (SSSR count). The summed E-state index contributed by atoms with van der Waals surface area (Å²) in [6.45, 7) is 0.845. The number of likely N-dealkylation sites (N-methyl/N-ethyl adjacent to an activating group) is 1. The molecule has 0 spiro atoms. The molecule has 7 heteroatoms. The zero-order valence-electron chi connectivity index (χ0n) is 15.8. The van der Waals surface area contributed by atoms with E-state index in [9.17, 15) is 9.59 Å². The Morgan fingerprint density at radius 3 is 2.33 bits per heavy atom. The highest BCUT2D eigenvalue weighted by atomic mass is 16.5. The lowest BCUT2D eigenvalue weighted by atomic mass is 10.1. The van der Waals surface area contributed by atoms with E-state index in [0.29, 0.717) is 23.6 Å². The van der Waals surface area contributed by atoms with Gasteiger partial charge in [-0.1, -0.05) is 24.3 Å². The van der Waals surface area contributed by atoms with Crippen LogP contribution in [0.25, 0.3) is 0 Å². The summed E-state index contributed by atoms with van der Waals surface area (Å²) in [7, 11) is 5.04. The molecule has 0 saturated heterocycles. The lowest BCUT2D eigenvalue weighted by molar-refractivity contribution is -0.122. The summed E-state index contributed by atoms with van der Waals surface area (Å²) in [5, 5.41) is 0. The number of hydrogen-bond acceptors (Lipinski definition) is 5. The lowest BCUT2D eigenvalue weighted by Gasteiger charge is -2.17. The van der Waals surface area contributed by atoms with E-state index in [1.807, 2.05) is 36.2 Å². The summed E-state index contributed by atoms with van der Waals surface area (Å²) in [5.74, 6) is 0.730. The van der Waals surface area contributed by atoms with Crippen LogP contribution in [0.4, 0.5) is 0 Å². The van der Waals surface area contributed by atoms with E-state index < -0.39 is 0 Å². The predicted octanol–water partition coefficient (Wildman–Crippen LogP) is 1.64. The van der Waals surface area contributed by atoms with Gasteiger partial charge in [-0.2, -0.15) is 0 Å². The van der Waals surface area contributed by atoms with Crippen LogP contribution < -0.4 is 20.3 Å². The average Bonchev–Trinajstić information content (AvgIpc) is 2.70. The molecule has 2 aromatic carbocycles. The second kappa shape index (κ2) is 10.2. The first-order valence-corrected chi connectivity index (χ1v) is 8.57. The van der Waals surface area contributed by atoms with Crippen LogP contribution in [-0.4, -0.2) is 51.1 Å². The number of carbonyl (C=O) groups is 2. The third kappa shape index (κ3) is 6.31. The summed E-state index contributed by atoms with van der Waals surface area (Å²) in [4.78, 5) is 25.8. The number of nitrogens with one attached hydrogen (secondary N) is 2. The van der Waals surface area contributed by atoms with Crippen molar-refractivity contribution < 1.29 is 19.1 Å². The predicted molar refractivity (Wildman–Crippen MR) is 103 cm³/mol. The minimum absolute atomic E-state index is 0.169. The molecule has 0 aliphatic rings. The van der Waals surface area contributed by atoms with E-state index in [-0.39, 0.29) is 18.4 Å². The largest absolute Gasteiger partial charge is 0.493 e. The summed E-state index contributed by atoms with van der Waals surface area (Å²) >= 11 is 0. The van der Waals surface area contributed by atoms with Crippen molar-refractivity contribution in [1.29, 1.82) is 0 Å². The maximum Gasteiger partial charge on any atom is 0.269 e. The van der Waals surface area contributed by atoms with E-state index >= 15 is 0 Å². The summed E-state index contributed by atoms with van der Waals surface area (Å²) < 4.78 is 10.5. The van der Waals surface area contributed by atoms with Gasteiger partial charge in [-0.3, -0.25) is 25.3 Å². The average molecular weight is 371 g/mol. The van der Waals surface area contributed by atoms with Crippen LogP contribution in [0.5, 0.6) is 11.5 Å². The van der Waals surface area contributed by atoms with Crippen LogP contribution in [0, 0.1) is 0 Å². The smallest absolute Gasteiger partial charge is 0.269 e. The molecule has 0 atom stereocenters. The molecule has 0 heterocycles. The van der Waals surface area contributed by atoms with E-state index in [0.717, 1.165) is 12.0 Å². The molecule has 7 nitrogen and oxygen atoms in total. The summed E-state index contributed by atoms with van der Waals surface area (Å²) in [6.07, 6.45) is 0.751. The number of amides is 2. The highest BCUT2D eigenvalue weighted by Crippen LogP contribution is 2.27. The van der Waals surface area contributed by atoms with Crippen LogP contribution in [0.1, 0.15) is 15.9 Å². The summed E-state index contributed by atoms with van der Waals surface area (Å²) in [5.41, 5.74) is 6.40. The third-order valence-corrected chi connectivity index (χ3v) is 4.00. The van der Waals surface area contributed by atoms with Gasteiger partial charge < -0.3 is 9.47 Å². The first kappa shape index (κ1) is 20.3. The van der Waals surface area contributed by atoms with Gasteiger partial charge in [0.25, 0.3) is 11.8 Å². The Morgan fingerprint density at radius 1 is 0.963 bits per heavy atom. The van der Waals surface area contributed by atoms with Crippen molar-refractivity contribution in [3.63, 3.8) is 0 Å². The van der Waals surface area contributed by atoms with Gasteiger partial charge in [-0.15, -0.1) is 0 Å². The van der Waals surface area contributed by atoms with E-state index in [2.05, 4.69) is 10.9 Å². The fourth-order valence-electron chi connectivity index (χ4n) is 2.51. The van der Waals surface area contributed by atoms with Crippen LogP contribution in [0.3, 0.4) is 0 Å². The minimum Gasteiger partial charge on any atom is -0.493 e. The van der Waals surface area contributed by atoms with Crippen LogP contribution in [0.15, 0.2) is 48.5 Å². The van der Waals surface area contributed by atoms with Gasteiger partial charge in [0.2, 0.25) is 0 Å². The molecule has 0 fully saturated rings. The SMILES string of the molecule is COc1ccc(CCN(C)CC(=O)NNC(=O)c2ccccc2)cc1OC. The molecule has 2 aromatic rings. The van der Waals surface area contributed by atoms with Gasteiger partial charge in [0.05, 0.1) is 20.8 Å². The Balaban J connectivity index is 1.76. The Bertz CT molecular complexity index is 765. The van der Waals surface area contributed by atoms with Crippen molar-refractivity contribution in [1.82, 2.24) is 15.8 Å². The Kier molecular flexibility index (Phi) is 7.63. The zero-order valence-corrected chi connectivity index (χ0v) is 15.8. The van der Waals surface area contributed by atoms with Gasteiger partial charge in [-0.05, 0) is 43.3 Å². The van der Waals surface area contributed by atoms with Crippen LogP contribution in [0.2, 0.25) is 0 Å². The number of ether oxygens (including phenoxy) is 2. The van der Waals surface area contributed by atoms with Crippen molar-refractivity contribution >= 4 is 11.8 Å². The van der Waals surface area contributed by atoms with Crippen molar-refractivity contribution in [2.24, 2.45) is 0 Å². The van der Waals surface area contributed by atoms with Crippen molar-refractivity contribution in [2.45, 2.75) is 6.42 Å². The fraction of sp³-hybridized carbons (Fsp3) is 0.300. The molecule has 0 aliphatic heterocycles. The van der Waals surface area contributed by atoms with Gasteiger partial charge in [0.1, 0.15) is 0 Å². The number of rotatable bonds is 8. The quantitative estimate of drug-likeness (QED) is 0.690.